The summed E-state index contributed by atoms with van der Waals surface area (Å²) in [5, 5.41) is 21.3. The highest BCUT2D eigenvalue weighted by molar-refractivity contribution is 5.87. The molecule has 7 nitrogen and oxygen atoms in total. The summed E-state index contributed by atoms with van der Waals surface area (Å²) in [6.45, 7) is 18.3. The molecule has 3 rings (SSSR count). The number of ether oxygens (including phenoxy) is 3. The van der Waals surface area contributed by atoms with Gasteiger partial charge < -0.3 is 24.4 Å². The normalized spacial score (nSPS) is 20.5. The van der Waals surface area contributed by atoms with Crippen molar-refractivity contribution >= 4 is 11.9 Å². The first-order valence-electron chi connectivity index (χ1n) is 23.1. The molecule has 1 aromatic rings. The number of aliphatic hydroxyl groups is 2. The molecule has 1 aromatic carbocycles. The van der Waals surface area contributed by atoms with E-state index in [0.717, 1.165) is 66.7 Å². The first-order chi connectivity index (χ1) is 27.5. The van der Waals surface area contributed by atoms with Crippen LogP contribution in [0.5, 0.6) is 5.75 Å². The Morgan fingerprint density at radius 2 is 1.26 bits per heavy atom. The van der Waals surface area contributed by atoms with Gasteiger partial charge in [0.1, 0.15) is 5.75 Å². The van der Waals surface area contributed by atoms with Crippen LogP contribution in [0.15, 0.2) is 36.4 Å². The lowest BCUT2D eigenvalue weighted by molar-refractivity contribution is -0.139. The molecule has 1 atom stereocenters. The molecule has 0 saturated heterocycles. The van der Waals surface area contributed by atoms with Gasteiger partial charge in [0.25, 0.3) is 0 Å². The molecule has 0 heterocycles. The second-order valence-electron chi connectivity index (χ2n) is 18.1. The topological polar surface area (TPSA) is 102 Å². The number of hydrogen-bond donors (Lipinski definition) is 2. The van der Waals surface area contributed by atoms with Gasteiger partial charge in [-0.15, -0.1) is 0 Å². The molecule has 0 aliphatic heterocycles. The second kappa shape index (κ2) is 26.5. The van der Waals surface area contributed by atoms with Gasteiger partial charge in [0.05, 0.1) is 33.0 Å². The van der Waals surface area contributed by atoms with Crippen LogP contribution in [-0.4, -0.2) is 55.2 Å². The van der Waals surface area contributed by atoms with E-state index in [1.54, 1.807) is 13.8 Å². The standard InChI is InChI=1S/C50H82O7/c1-8-11-13-17-40-20-22-41(23-21-40)42-24-26-43(27-25-42)46-32-44(18-14-29-56-48(53)37(4)5)47(45(33-46)19-15-30-57-49(54)38(6)7)55-31-28-50(35-51,36-52)34-39(10-3)16-12-9-2/h32-33,39-43,51-52H,4,6,8-31,34-36H2,1-3,5,7H3. The maximum atomic E-state index is 12.2. The lowest BCUT2D eigenvalue weighted by Gasteiger charge is -2.38. The summed E-state index contributed by atoms with van der Waals surface area (Å²) >= 11 is 0. The van der Waals surface area contributed by atoms with E-state index >= 15 is 0 Å². The molecule has 324 valence electrons. The molecule has 0 spiro atoms. The van der Waals surface area contributed by atoms with Crippen molar-refractivity contribution in [1.82, 2.24) is 0 Å². The number of unbranched alkanes of at least 4 members (excludes halogenated alkanes) is 3. The van der Waals surface area contributed by atoms with Crippen LogP contribution in [0, 0.1) is 29.1 Å². The van der Waals surface area contributed by atoms with Crippen LogP contribution < -0.4 is 4.74 Å². The number of carbonyl (C=O) groups excluding carboxylic acids is 2. The van der Waals surface area contributed by atoms with Crippen LogP contribution in [0.4, 0.5) is 0 Å². The van der Waals surface area contributed by atoms with Gasteiger partial charge in [0.2, 0.25) is 0 Å². The third kappa shape index (κ3) is 16.5. The summed E-state index contributed by atoms with van der Waals surface area (Å²) in [5.41, 5.74) is 3.72. The molecule has 0 aromatic heterocycles. The Bertz CT molecular complexity index is 1290. The number of benzene rings is 1. The van der Waals surface area contributed by atoms with E-state index in [1.165, 1.54) is 82.6 Å². The summed E-state index contributed by atoms with van der Waals surface area (Å²) in [4.78, 5) is 24.4. The van der Waals surface area contributed by atoms with Crippen LogP contribution in [0.1, 0.15) is 186 Å². The lowest BCUT2D eigenvalue weighted by atomic mass is 9.67. The van der Waals surface area contributed by atoms with Gasteiger partial charge in [-0.3, -0.25) is 0 Å². The van der Waals surface area contributed by atoms with Gasteiger partial charge in [-0.25, -0.2) is 9.59 Å². The SMILES string of the molecule is C=C(C)C(=O)OCCCc1cc(C2CCC(C3CCC(CCCCC)CC3)CC2)cc(CCCOC(=O)C(=C)C)c1OCCC(CO)(CO)CC(CC)CCCC. The van der Waals surface area contributed by atoms with Gasteiger partial charge in [-0.1, -0.05) is 110 Å². The molecular weight excluding hydrogens is 713 g/mol. The third-order valence-corrected chi connectivity index (χ3v) is 13.4. The highest BCUT2D eigenvalue weighted by Crippen LogP contribution is 2.46. The van der Waals surface area contributed by atoms with E-state index in [-0.39, 0.29) is 25.2 Å². The minimum absolute atomic E-state index is 0.0839. The summed E-state index contributed by atoms with van der Waals surface area (Å²) in [7, 11) is 0. The zero-order valence-corrected chi connectivity index (χ0v) is 37.0. The minimum atomic E-state index is -0.616. The van der Waals surface area contributed by atoms with E-state index in [0.29, 0.717) is 74.9 Å². The fourth-order valence-corrected chi connectivity index (χ4v) is 9.60. The predicted molar refractivity (Wildman–Crippen MR) is 234 cm³/mol. The number of esters is 2. The number of carbonyl (C=O) groups is 2. The second-order valence-corrected chi connectivity index (χ2v) is 18.1. The van der Waals surface area contributed by atoms with Gasteiger partial charge in [0, 0.05) is 16.6 Å². The van der Waals surface area contributed by atoms with Crippen LogP contribution >= 0.6 is 0 Å². The van der Waals surface area contributed by atoms with Crippen LogP contribution in [0.2, 0.25) is 0 Å². The summed E-state index contributed by atoms with van der Waals surface area (Å²) < 4.78 is 17.8. The lowest BCUT2D eigenvalue weighted by Crippen LogP contribution is -2.34. The van der Waals surface area contributed by atoms with Crippen molar-refractivity contribution in [2.45, 2.75) is 182 Å². The summed E-state index contributed by atoms with van der Waals surface area (Å²) in [5.74, 6) is 3.66. The Morgan fingerprint density at radius 3 is 1.74 bits per heavy atom. The first-order valence-corrected chi connectivity index (χ1v) is 23.1. The maximum Gasteiger partial charge on any atom is 0.333 e. The Hall–Kier alpha value is -2.64. The zero-order valence-electron chi connectivity index (χ0n) is 37.0. The van der Waals surface area contributed by atoms with Crippen molar-refractivity contribution in [3.05, 3.63) is 53.1 Å². The molecule has 2 N–H and O–H groups in total. The fourth-order valence-electron chi connectivity index (χ4n) is 9.60. The predicted octanol–water partition coefficient (Wildman–Crippen LogP) is 11.8. The highest BCUT2D eigenvalue weighted by atomic mass is 16.5. The molecule has 7 heteroatoms. The van der Waals surface area contributed by atoms with Crippen molar-refractivity contribution in [2.24, 2.45) is 29.1 Å². The minimum Gasteiger partial charge on any atom is -0.493 e. The van der Waals surface area contributed by atoms with Crippen LogP contribution in [0.3, 0.4) is 0 Å². The van der Waals surface area contributed by atoms with Crippen molar-refractivity contribution in [3.63, 3.8) is 0 Å². The Labute approximate surface area is 347 Å². The third-order valence-electron chi connectivity index (χ3n) is 13.4. The number of hydrogen-bond acceptors (Lipinski definition) is 7. The summed E-state index contributed by atoms with van der Waals surface area (Å²) in [6, 6.07) is 4.69. The van der Waals surface area contributed by atoms with E-state index in [4.69, 9.17) is 14.2 Å². The molecule has 0 radical (unpaired) electrons. The Morgan fingerprint density at radius 1 is 0.737 bits per heavy atom. The molecule has 1 unspecified atom stereocenters. The van der Waals surface area contributed by atoms with Crippen molar-refractivity contribution in [2.75, 3.05) is 33.0 Å². The molecule has 2 fully saturated rings. The average molecular weight is 795 g/mol. The molecule has 0 bridgehead atoms. The molecule has 0 amide bonds. The number of aryl methyl sites for hydroxylation is 2. The molecule has 2 aliphatic carbocycles. The fraction of sp³-hybridized carbons (Fsp3) is 0.760. The van der Waals surface area contributed by atoms with Crippen molar-refractivity contribution in [1.29, 1.82) is 0 Å². The molecule has 2 aliphatic rings. The monoisotopic (exact) mass is 795 g/mol. The maximum absolute atomic E-state index is 12.2. The Balaban J connectivity index is 1.84. The number of aliphatic hydroxyl groups excluding tert-OH is 2. The molecule has 57 heavy (non-hydrogen) atoms. The largest absolute Gasteiger partial charge is 0.493 e. The van der Waals surface area contributed by atoms with Crippen molar-refractivity contribution < 1.29 is 34.0 Å². The molecular formula is C50H82O7. The quantitative estimate of drug-likeness (QED) is 0.0495. The van der Waals surface area contributed by atoms with E-state index in [1.807, 2.05) is 0 Å². The number of rotatable bonds is 28. The Kier molecular flexibility index (Phi) is 22.6. The molecule has 2 saturated carbocycles. The smallest absolute Gasteiger partial charge is 0.333 e. The van der Waals surface area contributed by atoms with E-state index in [2.05, 4.69) is 46.1 Å². The van der Waals surface area contributed by atoms with Gasteiger partial charge in [0.15, 0.2) is 0 Å². The zero-order chi connectivity index (χ0) is 41.6. The first kappa shape index (κ1) is 48.7. The van der Waals surface area contributed by atoms with Crippen LogP contribution in [-0.2, 0) is 31.9 Å². The average Bonchev–Trinajstić information content (AvgIpc) is 3.22. The summed E-state index contributed by atoms with van der Waals surface area (Å²) in [6.07, 6.45) is 24.5. The van der Waals surface area contributed by atoms with E-state index in [9.17, 15) is 19.8 Å². The van der Waals surface area contributed by atoms with Crippen LogP contribution in [0.25, 0.3) is 0 Å². The van der Waals surface area contributed by atoms with E-state index < -0.39 is 5.41 Å². The highest BCUT2D eigenvalue weighted by Gasteiger charge is 2.33. The van der Waals surface area contributed by atoms with Gasteiger partial charge in [-0.05, 0) is 137 Å². The van der Waals surface area contributed by atoms with Gasteiger partial charge >= 0.3 is 11.9 Å². The van der Waals surface area contributed by atoms with Crippen molar-refractivity contribution in [3.8, 4) is 5.75 Å². The van der Waals surface area contributed by atoms with Gasteiger partial charge in [-0.2, -0.15) is 0 Å².